The van der Waals surface area contributed by atoms with Crippen LogP contribution in [0.5, 0.6) is 0 Å². The molecule has 176 valence electrons. The Kier molecular flexibility index (Phi) is 5.78. The number of fused-ring (bicyclic) bond motifs is 3. The molecule has 5 rings (SSSR count). The largest absolute Gasteiger partial charge is 0.341 e. The molecular weight excluding hydrogens is 458 g/mol. The number of hydrogen-bond acceptors (Lipinski definition) is 3. The van der Waals surface area contributed by atoms with Crippen molar-refractivity contribution in [1.82, 2.24) is 4.57 Å². The number of aryl methyl sites for hydroxylation is 2. The molecule has 0 spiro atoms. The van der Waals surface area contributed by atoms with Gasteiger partial charge in [-0.2, -0.15) is 0 Å². The van der Waals surface area contributed by atoms with E-state index in [2.05, 4.69) is 33.7 Å². The molecule has 5 aromatic rings. The molecule has 7 heteroatoms. The summed E-state index contributed by atoms with van der Waals surface area (Å²) in [7, 11) is -3.71. The maximum absolute atomic E-state index is 13.0. The minimum Gasteiger partial charge on any atom is -0.341 e. The molecule has 0 aliphatic heterocycles. The number of hydrogen-bond donors (Lipinski definition) is 2. The molecule has 1 amide bonds. The van der Waals surface area contributed by atoms with Crippen LogP contribution in [-0.4, -0.2) is 18.9 Å². The van der Waals surface area contributed by atoms with E-state index in [1.807, 2.05) is 30.3 Å². The van der Waals surface area contributed by atoms with Crippen molar-refractivity contribution in [3.8, 4) is 0 Å². The van der Waals surface area contributed by atoms with Crippen LogP contribution in [0.15, 0.2) is 95.9 Å². The second-order valence-electron chi connectivity index (χ2n) is 8.40. The fraction of sp³-hybridized carbons (Fsp3) is 0.107. The van der Waals surface area contributed by atoms with Gasteiger partial charge in [0.2, 0.25) is 0 Å². The van der Waals surface area contributed by atoms with E-state index in [1.165, 1.54) is 12.1 Å². The highest BCUT2D eigenvalue weighted by Crippen LogP contribution is 2.31. The van der Waals surface area contributed by atoms with E-state index in [1.54, 1.807) is 43.3 Å². The van der Waals surface area contributed by atoms with E-state index >= 15 is 0 Å². The molecule has 0 saturated heterocycles. The summed E-state index contributed by atoms with van der Waals surface area (Å²) in [4.78, 5) is 13.2. The van der Waals surface area contributed by atoms with Gasteiger partial charge in [-0.3, -0.25) is 9.52 Å². The van der Waals surface area contributed by atoms with E-state index in [0.29, 0.717) is 22.5 Å². The molecule has 0 bridgehead atoms. The number of anilines is 2. The van der Waals surface area contributed by atoms with Gasteiger partial charge >= 0.3 is 0 Å². The first-order valence-electron chi connectivity index (χ1n) is 11.4. The maximum Gasteiger partial charge on any atom is 0.261 e. The number of sulfonamides is 1. The summed E-state index contributed by atoms with van der Waals surface area (Å²) in [5, 5.41) is 5.21. The van der Waals surface area contributed by atoms with Crippen LogP contribution in [0.4, 0.5) is 11.4 Å². The Labute approximate surface area is 204 Å². The number of aromatic nitrogens is 1. The van der Waals surface area contributed by atoms with Crippen molar-refractivity contribution in [2.75, 3.05) is 10.0 Å². The molecule has 0 fully saturated rings. The molecule has 2 N–H and O–H groups in total. The minimum atomic E-state index is -3.71. The van der Waals surface area contributed by atoms with Gasteiger partial charge in [-0.05, 0) is 74.0 Å². The van der Waals surface area contributed by atoms with Gasteiger partial charge in [0.05, 0.1) is 10.6 Å². The van der Waals surface area contributed by atoms with Crippen LogP contribution >= 0.6 is 0 Å². The molecule has 0 atom stereocenters. The van der Waals surface area contributed by atoms with Crippen LogP contribution in [0.25, 0.3) is 21.8 Å². The number of para-hydroxylation sites is 1. The molecule has 0 saturated carbocycles. The molecular formula is C28H25N3O3S. The predicted molar refractivity (Wildman–Crippen MR) is 142 cm³/mol. The number of benzene rings is 4. The third kappa shape index (κ3) is 4.26. The van der Waals surface area contributed by atoms with Crippen LogP contribution in [0, 0.1) is 6.92 Å². The first-order chi connectivity index (χ1) is 16.9. The summed E-state index contributed by atoms with van der Waals surface area (Å²) in [5.74, 6) is -0.260. The second-order valence-corrected chi connectivity index (χ2v) is 10.1. The second kappa shape index (κ2) is 8.92. The quantitative estimate of drug-likeness (QED) is 0.303. The Morgan fingerprint density at radius 1 is 0.829 bits per heavy atom. The maximum atomic E-state index is 13.0. The van der Waals surface area contributed by atoms with Gasteiger partial charge in [-0.1, -0.05) is 36.4 Å². The number of nitrogens with one attached hydrogen (secondary N) is 2. The molecule has 1 heterocycles. The Morgan fingerprint density at radius 3 is 2.29 bits per heavy atom. The molecule has 6 nitrogen and oxygen atoms in total. The summed E-state index contributed by atoms with van der Waals surface area (Å²) in [6, 6.07) is 27.3. The van der Waals surface area contributed by atoms with Crippen molar-refractivity contribution in [2.24, 2.45) is 0 Å². The first kappa shape index (κ1) is 22.7. The fourth-order valence-corrected chi connectivity index (χ4v) is 5.55. The van der Waals surface area contributed by atoms with Crippen molar-refractivity contribution in [1.29, 1.82) is 0 Å². The standard InChI is InChI=1S/C28H25N3O3S/c1-3-31-26-12-8-7-11-23(26)24-18-21(14-16-27(24)31)29-28(32)20-13-15-25(19(2)17-20)30-35(33,34)22-9-5-4-6-10-22/h4-18,30H,3H2,1-2H3,(H,29,32). The number of rotatable bonds is 6. The number of carbonyl (C=O) groups excluding carboxylic acids is 1. The van der Waals surface area contributed by atoms with Gasteiger partial charge in [0, 0.05) is 39.6 Å². The summed E-state index contributed by atoms with van der Waals surface area (Å²) in [6.07, 6.45) is 0. The average molecular weight is 484 g/mol. The van der Waals surface area contributed by atoms with E-state index in [0.717, 1.165) is 28.4 Å². The zero-order valence-electron chi connectivity index (χ0n) is 19.4. The van der Waals surface area contributed by atoms with Crippen LogP contribution < -0.4 is 10.0 Å². The molecule has 1 aromatic heterocycles. The van der Waals surface area contributed by atoms with Crippen molar-refractivity contribution < 1.29 is 13.2 Å². The lowest BCUT2D eigenvalue weighted by molar-refractivity contribution is 0.102. The molecule has 0 radical (unpaired) electrons. The number of nitrogens with zero attached hydrogens (tertiary/aromatic N) is 1. The van der Waals surface area contributed by atoms with Crippen LogP contribution in [0.2, 0.25) is 0 Å². The van der Waals surface area contributed by atoms with Gasteiger partial charge in [-0.25, -0.2) is 8.42 Å². The van der Waals surface area contributed by atoms with Gasteiger partial charge in [0.15, 0.2) is 0 Å². The summed E-state index contributed by atoms with van der Waals surface area (Å²) in [6.45, 7) is 4.74. The normalized spacial score (nSPS) is 11.6. The zero-order chi connectivity index (χ0) is 24.6. The summed E-state index contributed by atoms with van der Waals surface area (Å²) in [5.41, 5.74) is 4.52. The summed E-state index contributed by atoms with van der Waals surface area (Å²) >= 11 is 0. The third-order valence-electron chi connectivity index (χ3n) is 6.13. The number of carbonyl (C=O) groups is 1. The molecule has 4 aromatic carbocycles. The average Bonchev–Trinajstić information content (AvgIpc) is 3.18. The number of amides is 1. The van der Waals surface area contributed by atoms with Crippen molar-refractivity contribution in [3.05, 3.63) is 102 Å². The highest BCUT2D eigenvalue weighted by Gasteiger charge is 2.16. The molecule has 0 unspecified atom stereocenters. The first-order valence-corrected chi connectivity index (χ1v) is 12.9. The lowest BCUT2D eigenvalue weighted by atomic mass is 10.1. The van der Waals surface area contributed by atoms with Crippen molar-refractivity contribution in [2.45, 2.75) is 25.3 Å². The van der Waals surface area contributed by atoms with E-state index in [4.69, 9.17) is 0 Å². The fourth-order valence-electron chi connectivity index (χ4n) is 4.40. The zero-order valence-corrected chi connectivity index (χ0v) is 20.3. The monoisotopic (exact) mass is 483 g/mol. The highest BCUT2D eigenvalue weighted by atomic mass is 32.2. The topological polar surface area (TPSA) is 80.2 Å². The predicted octanol–water partition coefficient (Wildman–Crippen LogP) is 6.18. The third-order valence-corrected chi connectivity index (χ3v) is 7.51. The highest BCUT2D eigenvalue weighted by molar-refractivity contribution is 7.92. The smallest absolute Gasteiger partial charge is 0.261 e. The Hall–Kier alpha value is -4.10. The molecule has 0 aliphatic rings. The van der Waals surface area contributed by atoms with Crippen LogP contribution in [0.1, 0.15) is 22.8 Å². The molecule has 35 heavy (non-hydrogen) atoms. The van der Waals surface area contributed by atoms with Crippen molar-refractivity contribution in [3.63, 3.8) is 0 Å². The Morgan fingerprint density at radius 2 is 1.54 bits per heavy atom. The SMILES string of the molecule is CCn1c2ccccc2c2cc(NC(=O)c3ccc(NS(=O)(=O)c4ccccc4)c(C)c3)ccc21. The minimum absolute atomic E-state index is 0.182. The lowest BCUT2D eigenvalue weighted by Gasteiger charge is -2.12. The van der Waals surface area contributed by atoms with E-state index in [-0.39, 0.29) is 10.8 Å². The van der Waals surface area contributed by atoms with Gasteiger partial charge in [-0.15, -0.1) is 0 Å². The van der Waals surface area contributed by atoms with Crippen LogP contribution in [-0.2, 0) is 16.6 Å². The Balaban J connectivity index is 1.39. The van der Waals surface area contributed by atoms with Gasteiger partial charge in [0.1, 0.15) is 0 Å². The summed E-state index contributed by atoms with van der Waals surface area (Å²) < 4.78 is 30.2. The Bertz CT molecular complexity index is 1670. The van der Waals surface area contributed by atoms with Gasteiger partial charge in [0.25, 0.3) is 15.9 Å². The molecule has 0 aliphatic carbocycles. The van der Waals surface area contributed by atoms with Crippen molar-refractivity contribution >= 4 is 49.1 Å². The van der Waals surface area contributed by atoms with E-state index in [9.17, 15) is 13.2 Å². The van der Waals surface area contributed by atoms with Gasteiger partial charge < -0.3 is 9.88 Å². The lowest BCUT2D eigenvalue weighted by Crippen LogP contribution is -2.15. The van der Waals surface area contributed by atoms with E-state index < -0.39 is 10.0 Å². The van der Waals surface area contributed by atoms with Crippen LogP contribution in [0.3, 0.4) is 0 Å².